The van der Waals surface area contributed by atoms with E-state index in [1.807, 2.05) is 60.7 Å². The number of aryl methyl sites for hydroxylation is 2. The molecule has 5 heterocycles. The monoisotopic (exact) mass is 726 g/mol. The predicted molar refractivity (Wildman–Crippen MR) is 193 cm³/mol. The Morgan fingerprint density at radius 1 is 0.630 bits per heavy atom. The van der Waals surface area contributed by atoms with Crippen molar-refractivity contribution in [3.05, 3.63) is 96.6 Å². The molecule has 4 N–H and O–H groups in total. The van der Waals surface area contributed by atoms with Crippen LogP contribution in [0.25, 0.3) is 34.2 Å². The molecule has 0 aliphatic carbocycles. The molecule has 0 unspecified atom stereocenters. The topological polar surface area (TPSA) is 251 Å². The molecule has 0 aliphatic rings. The summed E-state index contributed by atoms with van der Waals surface area (Å²) in [6.45, 7) is 0. The zero-order valence-corrected chi connectivity index (χ0v) is 29.1. The highest BCUT2D eigenvalue weighted by atomic mass is 16.5. The number of azo groups is 2. The van der Waals surface area contributed by atoms with Gasteiger partial charge < -0.3 is 20.9 Å². The standard InChI is InChI=1S/C34H30N16O4/c1-47-31(21(16-39-47)33(51)53-3)43-41-27-25(19-11-7-5-8-12-19)45-49(29(27)35)23-15-24(38-18-37-23)50-30(36)28(26(46-50)20-13-9-6-10-14-20)42-44-32-22(34(52)54-4)17-40-48(32)2/h5-18H,35-36H2,1-4H3. The van der Waals surface area contributed by atoms with Crippen molar-refractivity contribution in [1.29, 1.82) is 0 Å². The average molecular weight is 727 g/mol. The highest BCUT2D eigenvalue weighted by Gasteiger charge is 2.24. The van der Waals surface area contributed by atoms with Crippen LogP contribution >= 0.6 is 0 Å². The van der Waals surface area contributed by atoms with Crippen molar-refractivity contribution >= 4 is 46.6 Å². The van der Waals surface area contributed by atoms with Gasteiger partial charge in [-0.15, -0.1) is 20.5 Å². The Bertz CT molecular complexity index is 2390. The number of ether oxygens (including phenoxy) is 2. The Labute approximate surface area is 305 Å². The van der Waals surface area contributed by atoms with E-state index in [2.05, 4.69) is 40.6 Å². The lowest BCUT2D eigenvalue weighted by Crippen LogP contribution is -2.09. The van der Waals surface area contributed by atoms with Crippen LogP contribution in [-0.2, 0) is 23.6 Å². The molecule has 0 saturated heterocycles. The molecule has 0 fully saturated rings. The van der Waals surface area contributed by atoms with Crippen LogP contribution in [0.15, 0.2) is 106 Å². The summed E-state index contributed by atoms with van der Waals surface area (Å²) < 4.78 is 15.3. The van der Waals surface area contributed by atoms with Crippen molar-refractivity contribution in [2.75, 3.05) is 25.7 Å². The Balaban J connectivity index is 1.33. The van der Waals surface area contributed by atoms with Crippen molar-refractivity contribution < 1.29 is 19.1 Å². The number of hydrogen-bond acceptors (Lipinski definition) is 16. The second-order valence-electron chi connectivity index (χ2n) is 11.3. The smallest absolute Gasteiger partial charge is 0.343 e. The van der Waals surface area contributed by atoms with Gasteiger partial charge in [0.15, 0.2) is 46.3 Å². The molecule has 0 bridgehead atoms. The molecule has 0 amide bonds. The lowest BCUT2D eigenvalue weighted by atomic mass is 10.1. The van der Waals surface area contributed by atoms with Crippen LogP contribution in [0.5, 0.6) is 0 Å². The van der Waals surface area contributed by atoms with E-state index < -0.39 is 11.9 Å². The fraction of sp³-hybridized carbons (Fsp3) is 0.118. The van der Waals surface area contributed by atoms with Gasteiger partial charge in [0.05, 0.1) is 26.6 Å². The second kappa shape index (κ2) is 14.4. The normalized spacial score (nSPS) is 11.5. The number of nitrogens with two attached hydrogens (primary N) is 2. The minimum absolute atomic E-state index is 0.0783. The van der Waals surface area contributed by atoms with Crippen LogP contribution < -0.4 is 11.5 Å². The summed E-state index contributed by atoms with van der Waals surface area (Å²) in [7, 11) is 5.75. The Morgan fingerprint density at radius 2 is 1.04 bits per heavy atom. The van der Waals surface area contributed by atoms with Gasteiger partial charge in [0, 0.05) is 31.3 Å². The zero-order valence-electron chi connectivity index (χ0n) is 29.1. The summed E-state index contributed by atoms with van der Waals surface area (Å²) in [5.41, 5.74) is 16.2. The number of carbonyl (C=O) groups excluding carboxylic acids is 2. The first kappa shape index (κ1) is 34.5. The molecule has 0 atom stereocenters. The summed E-state index contributed by atoms with van der Waals surface area (Å²) in [6.07, 6.45) is 3.97. The van der Waals surface area contributed by atoms with Gasteiger partial charge in [-0.3, -0.25) is 0 Å². The molecular formula is C34H30N16O4. The lowest BCUT2D eigenvalue weighted by molar-refractivity contribution is 0.0592. The number of esters is 2. The zero-order chi connectivity index (χ0) is 37.9. The van der Waals surface area contributed by atoms with E-state index in [1.54, 1.807) is 20.2 Å². The van der Waals surface area contributed by atoms with Crippen LogP contribution in [0.3, 0.4) is 0 Å². The molecule has 7 aromatic rings. The van der Waals surface area contributed by atoms with Crippen molar-refractivity contribution in [2.45, 2.75) is 0 Å². The molecule has 20 heteroatoms. The quantitative estimate of drug-likeness (QED) is 0.136. The molecule has 0 aliphatic heterocycles. The number of rotatable bonds is 10. The van der Waals surface area contributed by atoms with Crippen LogP contribution in [0, 0.1) is 0 Å². The molecular weight excluding hydrogens is 696 g/mol. The fourth-order valence-electron chi connectivity index (χ4n) is 5.34. The number of nitrogen functional groups attached to an aromatic ring is 2. The molecule has 20 nitrogen and oxygen atoms in total. The van der Waals surface area contributed by atoms with Gasteiger partial charge in [0.1, 0.15) is 28.8 Å². The maximum absolute atomic E-state index is 12.4. The van der Waals surface area contributed by atoms with E-state index in [0.29, 0.717) is 22.5 Å². The third kappa shape index (κ3) is 6.29. The SMILES string of the molecule is COC(=O)c1cnn(C)c1N=Nc1c(-c2ccccc2)nn(-c2cc(-n3nc(-c4ccccc4)c(N=Nc4c(C(=O)OC)cnn4C)c3N)ncn2)c1N. The first-order valence-corrected chi connectivity index (χ1v) is 15.9. The maximum Gasteiger partial charge on any atom is 0.343 e. The van der Waals surface area contributed by atoms with Crippen LogP contribution in [0.4, 0.5) is 34.6 Å². The van der Waals surface area contributed by atoms with Crippen LogP contribution in [0.2, 0.25) is 0 Å². The summed E-state index contributed by atoms with van der Waals surface area (Å²) in [4.78, 5) is 33.6. The first-order chi connectivity index (χ1) is 26.2. The number of anilines is 2. The molecule has 7 rings (SSSR count). The minimum atomic E-state index is -0.626. The number of benzene rings is 2. The summed E-state index contributed by atoms with van der Waals surface area (Å²) in [6, 6.07) is 20.0. The number of nitrogens with zero attached hydrogens (tertiary/aromatic N) is 14. The van der Waals surface area contributed by atoms with Gasteiger partial charge >= 0.3 is 11.9 Å². The molecule has 2 aromatic carbocycles. The van der Waals surface area contributed by atoms with Gasteiger partial charge in [-0.05, 0) is 0 Å². The molecule has 5 aromatic heterocycles. The summed E-state index contributed by atoms with van der Waals surface area (Å²) in [5.74, 6) is -0.314. The third-order valence-corrected chi connectivity index (χ3v) is 8.07. The number of carbonyl (C=O) groups is 2. The van der Waals surface area contributed by atoms with Crippen LogP contribution in [0.1, 0.15) is 20.7 Å². The van der Waals surface area contributed by atoms with Crippen molar-refractivity contribution in [3.63, 3.8) is 0 Å². The van der Waals surface area contributed by atoms with Gasteiger partial charge in [-0.1, -0.05) is 60.7 Å². The number of methoxy groups -OCH3 is 2. The second-order valence-corrected chi connectivity index (χ2v) is 11.3. The minimum Gasteiger partial charge on any atom is -0.465 e. The van der Waals surface area contributed by atoms with E-state index >= 15 is 0 Å². The highest BCUT2D eigenvalue weighted by Crippen LogP contribution is 2.39. The molecule has 0 radical (unpaired) electrons. The van der Waals surface area contributed by atoms with Crippen molar-refractivity contribution in [1.82, 2.24) is 49.1 Å². The third-order valence-electron chi connectivity index (χ3n) is 8.07. The maximum atomic E-state index is 12.4. The summed E-state index contributed by atoms with van der Waals surface area (Å²) in [5, 5.41) is 35.2. The van der Waals surface area contributed by atoms with E-state index in [1.165, 1.54) is 51.7 Å². The van der Waals surface area contributed by atoms with E-state index in [9.17, 15) is 9.59 Å². The van der Waals surface area contributed by atoms with Crippen LogP contribution in [-0.4, -0.2) is 75.2 Å². The molecule has 0 saturated carbocycles. The predicted octanol–water partition coefficient (Wildman–Crippen LogP) is 5.22. The molecule has 270 valence electrons. The van der Waals surface area contributed by atoms with Crippen molar-refractivity contribution in [2.24, 2.45) is 34.6 Å². The fourth-order valence-corrected chi connectivity index (χ4v) is 5.34. The number of aromatic nitrogens is 10. The first-order valence-electron chi connectivity index (χ1n) is 15.9. The van der Waals surface area contributed by atoms with E-state index in [0.717, 1.165) is 0 Å². The largest absolute Gasteiger partial charge is 0.465 e. The van der Waals surface area contributed by atoms with Gasteiger partial charge in [-0.25, -0.2) is 28.9 Å². The molecule has 0 spiro atoms. The van der Waals surface area contributed by atoms with Crippen molar-refractivity contribution in [3.8, 4) is 34.2 Å². The van der Waals surface area contributed by atoms with Gasteiger partial charge in [0.2, 0.25) is 0 Å². The lowest BCUT2D eigenvalue weighted by Gasteiger charge is -2.06. The Morgan fingerprint density at radius 3 is 1.43 bits per heavy atom. The van der Waals surface area contributed by atoms with E-state index in [4.69, 9.17) is 31.1 Å². The summed E-state index contributed by atoms with van der Waals surface area (Å²) >= 11 is 0. The Kier molecular flexibility index (Phi) is 9.20. The Hall–Kier alpha value is -7.90. The average Bonchev–Trinajstić information content (AvgIpc) is 3.95. The number of hydrogen-bond donors (Lipinski definition) is 2. The van der Waals surface area contributed by atoms with Gasteiger partial charge in [-0.2, -0.15) is 29.8 Å². The van der Waals surface area contributed by atoms with E-state index in [-0.39, 0.29) is 57.4 Å². The highest BCUT2D eigenvalue weighted by molar-refractivity contribution is 5.94. The van der Waals surface area contributed by atoms with Gasteiger partial charge in [0.25, 0.3) is 0 Å². The molecule has 54 heavy (non-hydrogen) atoms.